The highest BCUT2D eigenvalue weighted by atomic mass is 32.2. The number of aromatic amines is 2. The van der Waals surface area contributed by atoms with Crippen LogP contribution in [0.4, 0.5) is 0 Å². The Balaban J connectivity index is 1.76. The normalized spacial score (nSPS) is 10.5. The van der Waals surface area contributed by atoms with Crippen molar-refractivity contribution in [3.63, 3.8) is 0 Å². The van der Waals surface area contributed by atoms with Crippen LogP contribution in [0.5, 0.6) is 0 Å². The van der Waals surface area contributed by atoms with Crippen molar-refractivity contribution in [2.75, 3.05) is 5.08 Å². The molecule has 0 radical (unpaired) electrons. The number of rotatable bonds is 4. The van der Waals surface area contributed by atoms with Gasteiger partial charge in [-0.15, -0.1) is 0 Å². The minimum Gasteiger partial charge on any atom is -0.254 e. The van der Waals surface area contributed by atoms with Crippen LogP contribution >= 0.6 is 23.5 Å². The SMILES string of the molecule is c1n[nH]c(SCSc2ncn[nH]2)n1. The number of nitrogens with one attached hydrogen (secondary N) is 2. The summed E-state index contributed by atoms with van der Waals surface area (Å²) in [6.45, 7) is 0. The molecule has 0 fully saturated rings. The van der Waals surface area contributed by atoms with Gasteiger partial charge < -0.3 is 0 Å². The monoisotopic (exact) mass is 214 g/mol. The van der Waals surface area contributed by atoms with E-state index in [1.807, 2.05) is 0 Å². The zero-order valence-electron chi connectivity index (χ0n) is 6.47. The molecule has 0 spiro atoms. The molecular formula is C5H6N6S2. The summed E-state index contributed by atoms with van der Waals surface area (Å²) in [7, 11) is 0. The standard InChI is InChI=1S/C5H6N6S2/c1-6-4(10-8-1)12-3-13-5-7-2-9-11-5/h1-2H,3H2,(H,6,8,10)(H,7,9,11). The highest BCUT2D eigenvalue weighted by Crippen LogP contribution is 2.21. The molecule has 0 saturated carbocycles. The maximum absolute atomic E-state index is 3.97. The zero-order valence-corrected chi connectivity index (χ0v) is 8.10. The van der Waals surface area contributed by atoms with Gasteiger partial charge in [-0.3, -0.25) is 10.2 Å². The smallest absolute Gasteiger partial charge is 0.184 e. The maximum Gasteiger partial charge on any atom is 0.184 e. The summed E-state index contributed by atoms with van der Waals surface area (Å²) in [6, 6.07) is 0. The van der Waals surface area contributed by atoms with Crippen LogP contribution in [-0.4, -0.2) is 35.4 Å². The molecule has 0 aliphatic carbocycles. The Bertz CT molecular complexity index is 296. The van der Waals surface area contributed by atoms with Crippen LogP contribution in [-0.2, 0) is 0 Å². The Morgan fingerprint density at radius 1 is 1.00 bits per heavy atom. The van der Waals surface area contributed by atoms with Gasteiger partial charge in [0.05, 0.1) is 5.08 Å². The van der Waals surface area contributed by atoms with Gasteiger partial charge in [-0.25, -0.2) is 9.97 Å². The van der Waals surface area contributed by atoms with E-state index in [-0.39, 0.29) is 0 Å². The molecule has 2 aromatic rings. The molecule has 2 aromatic heterocycles. The molecular weight excluding hydrogens is 208 g/mol. The van der Waals surface area contributed by atoms with Gasteiger partial charge in [0.1, 0.15) is 12.7 Å². The largest absolute Gasteiger partial charge is 0.254 e. The third-order valence-electron chi connectivity index (χ3n) is 1.18. The van der Waals surface area contributed by atoms with Crippen LogP contribution in [0.2, 0.25) is 0 Å². The van der Waals surface area contributed by atoms with E-state index in [4.69, 9.17) is 0 Å². The molecule has 6 nitrogen and oxygen atoms in total. The number of thioether (sulfide) groups is 2. The molecule has 0 saturated heterocycles. The Morgan fingerprint density at radius 3 is 1.92 bits per heavy atom. The van der Waals surface area contributed by atoms with Crippen molar-refractivity contribution in [2.45, 2.75) is 10.3 Å². The lowest BCUT2D eigenvalue weighted by Gasteiger charge is -1.93. The third kappa shape index (κ3) is 2.46. The van der Waals surface area contributed by atoms with Crippen LogP contribution in [0.1, 0.15) is 0 Å². The van der Waals surface area contributed by atoms with Gasteiger partial charge in [0.15, 0.2) is 10.3 Å². The van der Waals surface area contributed by atoms with Gasteiger partial charge >= 0.3 is 0 Å². The second-order valence-electron chi connectivity index (χ2n) is 1.99. The predicted octanol–water partition coefficient (Wildman–Crippen LogP) is 0.765. The summed E-state index contributed by atoms with van der Waals surface area (Å²) >= 11 is 3.14. The lowest BCUT2D eigenvalue weighted by molar-refractivity contribution is 0.972. The van der Waals surface area contributed by atoms with E-state index in [9.17, 15) is 0 Å². The first-order valence-electron chi connectivity index (χ1n) is 3.41. The van der Waals surface area contributed by atoms with Gasteiger partial charge in [0, 0.05) is 0 Å². The van der Waals surface area contributed by atoms with E-state index in [1.165, 1.54) is 12.7 Å². The fraction of sp³-hybridized carbons (Fsp3) is 0.200. The Kier molecular flexibility index (Phi) is 2.82. The summed E-state index contributed by atoms with van der Waals surface area (Å²) in [6.07, 6.45) is 2.98. The van der Waals surface area contributed by atoms with E-state index in [2.05, 4.69) is 30.4 Å². The van der Waals surface area contributed by atoms with E-state index in [0.29, 0.717) is 0 Å². The van der Waals surface area contributed by atoms with Crippen LogP contribution in [0.25, 0.3) is 0 Å². The molecule has 2 rings (SSSR count). The Labute approximate surface area is 82.3 Å². The van der Waals surface area contributed by atoms with Gasteiger partial charge in [-0.1, -0.05) is 23.5 Å². The minimum atomic E-state index is 0.812. The summed E-state index contributed by atoms with van der Waals surface area (Å²) in [5, 5.41) is 15.4. The molecule has 68 valence electrons. The molecule has 0 atom stereocenters. The highest BCUT2D eigenvalue weighted by Gasteiger charge is 1.99. The Hall–Kier alpha value is -1.02. The van der Waals surface area contributed by atoms with E-state index in [1.54, 1.807) is 23.5 Å². The molecule has 13 heavy (non-hydrogen) atoms. The number of nitrogens with zero attached hydrogens (tertiary/aromatic N) is 4. The van der Waals surface area contributed by atoms with Crippen molar-refractivity contribution in [3.8, 4) is 0 Å². The Morgan fingerprint density at radius 2 is 1.54 bits per heavy atom. The second-order valence-corrected chi connectivity index (χ2v) is 4.28. The number of H-pyrrole nitrogens is 2. The molecule has 0 aliphatic heterocycles. The lowest BCUT2D eigenvalue weighted by Crippen LogP contribution is -1.79. The fourth-order valence-electron chi connectivity index (χ4n) is 0.669. The van der Waals surface area contributed by atoms with Crippen molar-refractivity contribution in [1.82, 2.24) is 30.4 Å². The lowest BCUT2D eigenvalue weighted by atomic mass is 11.3. The molecule has 0 unspecified atom stereocenters. The van der Waals surface area contributed by atoms with Crippen molar-refractivity contribution in [3.05, 3.63) is 12.7 Å². The molecule has 0 aromatic carbocycles. The van der Waals surface area contributed by atoms with Gasteiger partial charge in [0.25, 0.3) is 0 Å². The fourth-order valence-corrected chi connectivity index (χ4v) is 2.28. The van der Waals surface area contributed by atoms with Gasteiger partial charge in [-0.05, 0) is 0 Å². The van der Waals surface area contributed by atoms with Gasteiger partial charge in [-0.2, -0.15) is 10.2 Å². The molecule has 0 amide bonds. The second kappa shape index (κ2) is 4.28. The molecule has 8 heteroatoms. The first-order chi connectivity index (χ1) is 6.45. The van der Waals surface area contributed by atoms with Crippen LogP contribution < -0.4 is 0 Å². The highest BCUT2D eigenvalue weighted by molar-refractivity contribution is 8.15. The van der Waals surface area contributed by atoms with Crippen LogP contribution in [0, 0.1) is 0 Å². The minimum absolute atomic E-state index is 0.812. The summed E-state index contributed by atoms with van der Waals surface area (Å²) in [5.41, 5.74) is 0. The summed E-state index contributed by atoms with van der Waals surface area (Å²) in [4.78, 5) is 7.94. The van der Waals surface area contributed by atoms with Crippen molar-refractivity contribution >= 4 is 23.5 Å². The molecule has 0 bridgehead atoms. The molecule has 0 aliphatic rings. The van der Waals surface area contributed by atoms with Crippen molar-refractivity contribution < 1.29 is 0 Å². The predicted molar refractivity (Wildman–Crippen MR) is 49.3 cm³/mol. The first kappa shape index (κ1) is 8.57. The number of hydrogen-bond acceptors (Lipinski definition) is 6. The third-order valence-corrected chi connectivity index (χ3v) is 3.06. The number of aromatic nitrogens is 6. The number of hydrogen-bond donors (Lipinski definition) is 2. The van der Waals surface area contributed by atoms with Crippen LogP contribution in [0.15, 0.2) is 23.0 Å². The van der Waals surface area contributed by atoms with E-state index in [0.717, 1.165) is 15.4 Å². The average molecular weight is 214 g/mol. The van der Waals surface area contributed by atoms with Gasteiger partial charge in [0.2, 0.25) is 0 Å². The topological polar surface area (TPSA) is 83.1 Å². The van der Waals surface area contributed by atoms with Crippen molar-refractivity contribution in [2.24, 2.45) is 0 Å². The summed E-state index contributed by atoms with van der Waals surface area (Å²) < 4.78 is 0. The van der Waals surface area contributed by atoms with Crippen molar-refractivity contribution in [1.29, 1.82) is 0 Å². The molecule has 2 heterocycles. The van der Waals surface area contributed by atoms with E-state index < -0.39 is 0 Å². The summed E-state index contributed by atoms with van der Waals surface area (Å²) in [5.74, 6) is 0. The first-order valence-corrected chi connectivity index (χ1v) is 5.38. The van der Waals surface area contributed by atoms with E-state index >= 15 is 0 Å². The quantitative estimate of drug-likeness (QED) is 0.577. The average Bonchev–Trinajstić information content (AvgIpc) is 2.75. The van der Waals surface area contributed by atoms with Crippen LogP contribution in [0.3, 0.4) is 0 Å². The zero-order chi connectivity index (χ0) is 8.93. The molecule has 2 N–H and O–H groups in total. The maximum atomic E-state index is 3.97.